The lowest BCUT2D eigenvalue weighted by molar-refractivity contribution is -0.112. The number of anilines is 1. The summed E-state index contributed by atoms with van der Waals surface area (Å²) >= 11 is 0. The smallest absolute Gasteiger partial charge is 0.152 e. The van der Waals surface area contributed by atoms with Crippen molar-refractivity contribution in [1.29, 1.82) is 0 Å². The molecule has 130 valence electrons. The number of hydrogen-bond acceptors (Lipinski definition) is 2. The Balaban J connectivity index is 1.99. The molecule has 0 amide bonds. The molecule has 3 rings (SSSR count). The zero-order valence-corrected chi connectivity index (χ0v) is 15.6. The molecule has 2 nitrogen and oxygen atoms in total. The van der Waals surface area contributed by atoms with Crippen LogP contribution in [0.1, 0.15) is 56.7 Å². The fourth-order valence-corrected chi connectivity index (χ4v) is 3.89. The van der Waals surface area contributed by atoms with E-state index in [9.17, 15) is 4.79 Å². The maximum absolute atomic E-state index is 11.2. The summed E-state index contributed by atoms with van der Waals surface area (Å²) in [6.45, 7) is 9.47. The summed E-state index contributed by atoms with van der Waals surface area (Å²) in [6, 6.07) is 17.2. The number of allylic oxidation sites excluding steroid dienone is 1. The largest absolute Gasteiger partial charge is 0.362 e. The Bertz CT molecular complexity index is 789. The zero-order valence-electron chi connectivity index (χ0n) is 15.6. The fourth-order valence-electron chi connectivity index (χ4n) is 3.89. The molecule has 0 unspecified atom stereocenters. The first-order chi connectivity index (χ1) is 11.9. The third kappa shape index (κ3) is 3.84. The lowest BCUT2D eigenvalue weighted by Gasteiger charge is -2.47. The van der Waals surface area contributed by atoms with Crippen LogP contribution in [0.3, 0.4) is 0 Å². The first kappa shape index (κ1) is 17.5. The number of hydrogen-bond donors (Lipinski definition) is 0. The van der Waals surface area contributed by atoms with Crippen molar-refractivity contribution in [1.82, 2.24) is 0 Å². The van der Waals surface area contributed by atoms with Gasteiger partial charge in [0.1, 0.15) is 0 Å². The van der Waals surface area contributed by atoms with Gasteiger partial charge in [0.2, 0.25) is 0 Å². The molecule has 25 heavy (non-hydrogen) atoms. The van der Waals surface area contributed by atoms with Gasteiger partial charge < -0.3 is 4.90 Å². The Kier molecular flexibility index (Phi) is 4.80. The van der Waals surface area contributed by atoms with Crippen LogP contribution in [0.25, 0.3) is 6.08 Å². The molecule has 1 aliphatic rings. The van der Waals surface area contributed by atoms with E-state index in [0.29, 0.717) is 5.92 Å². The van der Waals surface area contributed by atoms with Crippen LogP contribution >= 0.6 is 0 Å². The van der Waals surface area contributed by atoms with Crippen molar-refractivity contribution in [2.75, 3.05) is 4.90 Å². The third-order valence-electron chi connectivity index (χ3n) is 5.10. The Morgan fingerprint density at radius 3 is 2.60 bits per heavy atom. The van der Waals surface area contributed by atoms with Gasteiger partial charge in [0.25, 0.3) is 0 Å². The molecule has 0 saturated heterocycles. The molecular weight excluding hydrogens is 306 g/mol. The first-order valence-electron chi connectivity index (χ1n) is 9.01. The van der Waals surface area contributed by atoms with Crippen LogP contribution in [0.2, 0.25) is 0 Å². The van der Waals surface area contributed by atoms with Crippen molar-refractivity contribution in [2.24, 2.45) is 0 Å². The van der Waals surface area contributed by atoms with E-state index < -0.39 is 0 Å². The van der Waals surface area contributed by atoms with E-state index in [1.807, 2.05) is 6.08 Å². The first-order valence-corrected chi connectivity index (χ1v) is 9.01. The van der Waals surface area contributed by atoms with Gasteiger partial charge >= 0.3 is 0 Å². The van der Waals surface area contributed by atoms with Crippen LogP contribution in [-0.4, -0.2) is 11.3 Å². The van der Waals surface area contributed by atoms with E-state index in [-0.39, 0.29) is 11.3 Å². The molecule has 0 radical (unpaired) electrons. The van der Waals surface area contributed by atoms with Crippen LogP contribution in [0.15, 0.2) is 54.6 Å². The van der Waals surface area contributed by atoms with E-state index in [4.69, 9.17) is 0 Å². The Labute approximate surface area is 151 Å². The second-order valence-electron chi connectivity index (χ2n) is 7.75. The molecule has 1 aliphatic heterocycles. The van der Waals surface area contributed by atoms with Crippen LogP contribution in [0.5, 0.6) is 0 Å². The highest BCUT2D eigenvalue weighted by atomic mass is 16.1. The molecular formula is C23H27NO. The van der Waals surface area contributed by atoms with Gasteiger partial charge in [-0.05, 0) is 68.0 Å². The van der Waals surface area contributed by atoms with Crippen LogP contribution < -0.4 is 4.90 Å². The molecule has 0 spiro atoms. The molecule has 1 heterocycles. The van der Waals surface area contributed by atoms with Gasteiger partial charge in [0.05, 0.1) is 0 Å². The number of ketones is 1. The van der Waals surface area contributed by atoms with Gasteiger partial charge in [0, 0.05) is 17.8 Å². The topological polar surface area (TPSA) is 20.3 Å². The van der Waals surface area contributed by atoms with Crippen molar-refractivity contribution in [3.05, 3.63) is 71.3 Å². The van der Waals surface area contributed by atoms with Crippen LogP contribution in [-0.2, 0) is 11.3 Å². The van der Waals surface area contributed by atoms with E-state index in [1.54, 1.807) is 13.0 Å². The van der Waals surface area contributed by atoms with Crippen molar-refractivity contribution in [3.8, 4) is 0 Å². The second-order valence-corrected chi connectivity index (χ2v) is 7.75. The average Bonchev–Trinajstić information content (AvgIpc) is 2.57. The standard InChI is InChI=1S/C23H27NO/c1-17-15-23(3,4)24(16-20-8-6-5-7-9-20)22-13-12-19(14-21(17)22)11-10-18(2)25/h5-14,17H,15-16H2,1-4H3/b11-10+/t17-/m0/s1. The Hall–Kier alpha value is -2.35. The summed E-state index contributed by atoms with van der Waals surface area (Å²) < 4.78 is 0. The van der Waals surface area contributed by atoms with Gasteiger partial charge in [-0.2, -0.15) is 0 Å². The molecule has 2 aromatic carbocycles. The monoisotopic (exact) mass is 333 g/mol. The van der Waals surface area contributed by atoms with Crippen molar-refractivity contribution in [3.63, 3.8) is 0 Å². The number of carbonyl (C=O) groups is 1. The number of nitrogens with zero attached hydrogens (tertiary/aromatic N) is 1. The Morgan fingerprint density at radius 2 is 1.92 bits per heavy atom. The maximum atomic E-state index is 11.2. The predicted molar refractivity (Wildman–Crippen MR) is 106 cm³/mol. The molecule has 0 aliphatic carbocycles. The highest BCUT2D eigenvalue weighted by molar-refractivity contribution is 5.91. The number of rotatable bonds is 4. The van der Waals surface area contributed by atoms with Crippen LogP contribution in [0.4, 0.5) is 5.69 Å². The highest BCUT2D eigenvalue weighted by Crippen LogP contribution is 2.44. The lowest BCUT2D eigenvalue weighted by Crippen LogP contribution is -2.47. The SMILES string of the molecule is CC(=O)/C=C/c1ccc2c(c1)[C@@H](C)CC(C)(C)N2Cc1ccccc1. The second kappa shape index (κ2) is 6.87. The van der Waals surface area contributed by atoms with Crippen molar-refractivity contribution < 1.29 is 4.79 Å². The Morgan fingerprint density at radius 1 is 1.20 bits per heavy atom. The number of benzene rings is 2. The van der Waals surface area contributed by atoms with E-state index in [2.05, 4.69) is 74.2 Å². The lowest BCUT2D eigenvalue weighted by atomic mass is 9.79. The predicted octanol–water partition coefficient (Wildman–Crippen LogP) is 5.58. The summed E-state index contributed by atoms with van der Waals surface area (Å²) in [5.41, 5.74) is 5.23. The van der Waals surface area contributed by atoms with Crippen LogP contribution in [0, 0.1) is 0 Å². The number of fused-ring (bicyclic) bond motifs is 1. The van der Waals surface area contributed by atoms with Gasteiger partial charge in [-0.1, -0.05) is 49.4 Å². The minimum atomic E-state index is 0.0811. The molecule has 0 aromatic heterocycles. The molecule has 0 saturated carbocycles. The summed E-state index contributed by atoms with van der Waals surface area (Å²) in [4.78, 5) is 13.7. The highest BCUT2D eigenvalue weighted by Gasteiger charge is 2.36. The van der Waals surface area contributed by atoms with Crippen molar-refractivity contribution >= 4 is 17.5 Å². The minimum Gasteiger partial charge on any atom is -0.362 e. The minimum absolute atomic E-state index is 0.0811. The van der Waals surface area contributed by atoms with E-state index in [0.717, 1.165) is 18.5 Å². The molecule has 2 aromatic rings. The normalized spacial score (nSPS) is 19.0. The molecule has 1 atom stereocenters. The number of carbonyl (C=O) groups excluding carboxylic acids is 1. The quantitative estimate of drug-likeness (QED) is 0.681. The zero-order chi connectivity index (χ0) is 18.0. The summed E-state index contributed by atoms with van der Waals surface area (Å²) in [6.07, 6.45) is 4.67. The van der Waals surface area contributed by atoms with Crippen molar-refractivity contribution in [2.45, 2.75) is 52.1 Å². The summed E-state index contributed by atoms with van der Waals surface area (Å²) in [7, 11) is 0. The average molecular weight is 333 g/mol. The fraction of sp³-hybridized carbons (Fsp3) is 0.348. The maximum Gasteiger partial charge on any atom is 0.152 e. The van der Waals surface area contributed by atoms with Gasteiger partial charge in [-0.25, -0.2) is 0 Å². The molecule has 0 N–H and O–H groups in total. The third-order valence-corrected chi connectivity index (χ3v) is 5.10. The van der Waals surface area contributed by atoms with Gasteiger partial charge in [-0.15, -0.1) is 0 Å². The summed E-state index contributed by atoms with van der Waals surface area (Å²) in [5, 5.41) is 0. The molecule has 0 fully saturated rings. The van der Waals surface area contributed by atoms with E-state index >= 15 is 0 Å². The van der Waals surface area contributed by atoms with Gasteiger partial charge in [0.15, 0.2) is 5.78 Å². The van der Waals surface area contributed by atoms with Gasteiger partial charge in [-0.3, -0.25) is 4.79 Å². The molecule has 2 heteroatoms. The van der Waals surface area contributed by atoms with E-state index in [1.165, 1.54) is 16.8 Å². The summed E-state index contributed by atoms with van der Waals surface area (Å²) in [5.74, 6) is 0.584. The molecule has 0 bridgehead atoms.